The lowest BCUT2D eigenvalue weighted by molar-refractivity contribution is 0.00882. The molecule has 3 aliphatic heterocycles. The Balaban J connectivity index is 1.69. The van der Waals surface area contributed by atoms with E-state index in [1.54, 1.807) is 19.2 Å². The number of methoxy groups -OCH3 is 1. The maximum absolute atomic E-state index is 12.5. The molecule has 2 aromatic carbocycles. The van der Waals surface area contributed by atoms with Crippen molar-refractivity contribution in [2.24, 2.45) is 0 Å². The first-order chi connectivity index (χ1) is 13.1. The van der Waals surface area contributed by atoms with Crippen molar-refractivity contribution >= 4 is 11.7 Å². The third-order valence-electron chi connectivity index (χ3n) is 5.58. The summed E-state index contributed by atoms with van der Waals surface area (Å²) in [7, 11) is 3.65. The van der Waals surface area contributed by atoms with Crippen molar-refractivity contribution in [3.63, 3.8) is 0 Å². The third-order valence-corrected chi connectivity index (χ3v) is 5.58. The van der Waals surface area contributed by atoms with Crippen molar-refractivity contribution in [1.82, 2.24) is 4.90 Å². The predicted octanol–water partition coefficient (Wildman–Crippen LogP) is 2.45. The molecule has 2 N–H and O–H groups in total. The van der Waals surface area contributed by atoms with E-state index in [1.807, 2.05) is 19.2 Å². The smallest absolute Gasteiger partial charge is 0.339 e. The standard InChI is InChI=1S/C20H20N2O5/c1-22-6-5-10-7-14-18(26-9-25-14)19(24-2)15(10)16(22)17-12-4-3-11(21)8-13(12)20(23)27-17/h3-4,7-8,16-17H,5-6,9,21H2,1-2H3. The van der Waals surface area contributed by atoms with Crippen LogP contribution in [0.5, 0.6) is 17.2 Å². The second-order valence-corrected chi connectivity index (χ2v) is 7.06. The van der Waals surface area contributed by atoms with Crippen molar-refractivity contribution in [2.75, 3.05) is 33.2 Å². The first-order valence-corrected chi connectivity index (χ1v) is 8.88. The maximum atomic E-state index is 12.5. The van der Waals surface area contributed by atoms with E-state index in [2.05, 4.69) is 4.90 Å². The Morgan fingerprint density at radius 1 is 1.26 bits per heavy atom. The fraction of sp³-hybridized carbons (Fsp3) is 0.350. The number of benzene rings is 2. The molecule has 0 saturated heterocycles. The Kier molecular flexibility index (Phi) is 3.48. The zero-order valence-electron chi connectivity index (χ0n) is 15.2. The molecule has 2 atom stereocenters. The van der Waals surface area contributed by atoms with Gasteiger partial charge < -0.3 is 24.7 Å². The number of hydrogen-bond donors (Lipinski definition) is 1. The molecule has 7 nitrogen and oxygen atoms in total. The Hall–Kier alpha value is -2.93. The summed E-state index contributed by atoms with van der Waals surface area (Å²) in [4.78, 5) is 14.6. The lowest BCUT2D eigenvalue weighted by Gasteiger charge is -2.38. The summed E-state index contributed by atoms with van der Waals surface area (Å²) in [5.41, 5.74) is 9.89. The summed E-state index contributed by atoms with van der Waals surface area (Å²) in [5.74, 6) is 1.61. The molecule has 0 amide bonds. The molecule has 2 aromatic rings. The molecular weight excluding hydrogens is 348 g/mol. The molecule has 7 heteroatoms. The lowest BCUT2D eigenvalue weighted by Crippen LogP contribution is -2.36. The first-order valence-electron chi connectivity index (χ1n) is 8.88. The normalized spacial score (nSPS) is 23.0. The second kappa shape index (κ2) is 5.79. The number of fused-ring (bicyclic) bond motifs is 3. The summed E-state index contributed by atoms with van der Waals surface area (Å²) in [6.45, 7) is 1.01. The minimum absolute atomic E-state index is 0.176. The number of likely N-dealkylation sites (N-methyl/N-ethyl adjacent to an activating group) is 1. The highest BCUT2D eigenvalue weighted by Gasteiger charge is 2.44. The fourth-order valence-electron chi connectivity index (χ4n) is 4.33. The van der Waals surface area contributed by atoms with Gasteiger partial charge in [-0.15, -0.1) is 0 Å². The van der Waals surface area contributed by atoms with Gasteiger partial charge >= 0.3 is 5.97 Å². The molecule has 0 fully saturated rings. The number of hydrogen-bond acceptors (Lipinski definition) is 7. The van der Waals surface area contributed by atoms with E-state index in [0.29, 0.717) is 28.5 Å². The molecule has 5 rings (SSSR count). The monoisotopic (exact) mass is 368 g/mol. The van der Waals surface area contributed by atoms with Crippen molar-refractivity contribution in [1.29, 1.82) is 0 Å². The molecule has 0 aliphatic carbocycles. The van der Waals surface area contributed by atoms with Gasteiger partial charge in [-0.1, -0.05) is 6.07 Å². The zero-order chi connectivity index (χ0) is 18.7. The van der Waals surface area contributed by atoms with E-state index in [0.717, 1.165) is 29.7 Å². The SMILES string of the molecule is COc1c2c(cc3c1C(C1OC(=O)c4cc(N)ccc41)N(C)CC3)OCO2. The summed E-state index contributed by atoms with van der Waals surface area (Å²) in [6.07, 6.45) is 0.413. The predicted molar refractivity (Wildman–Crippen MR) is 97.2 cm³/mol. The molecule has 0 saturated carbocycles. The van der Waals surface area contributed by atoms with Gasteiger partial charge in [-0.05, 0) is 37.2 Å². The highest BCUT2D eigenvalue weighted by molar-refractivity contribution is 5.95. The number of nitrogen functional groups attached to an aromatic ring is 1. The van der Waals surface area contributed by atoms with E-state index in [-0.39, 0.29) is 18.8 Å². The third kappa shape index (κ3) is 2.28. The molecule has 0 spiro atoms. The number of anilines is 1. The fourth-order valence-corrected chi connectivity index (χ4v) is 4.33. The molecule has 0 bridgehead atoms. The van der Waals surface area contributed by atoms with Crippen LogP contribution in [0.2, 0.25) is 0 Å². The quantitative estimate of drug-likeness (QED) is 0.644. The van der Waals surface area contributed by atoms with Crippen LogP contribution in [-0.2, 0) is 11.2 Å². The van der Waals surface area contributed by atoms with E-state index in [4.69, 9.17) is 24.7 Å². The number of carbonyl (C=O) groups is 1. The molecule has 2 unspecified atom stereocenters. The van der Waals surface area contributed by atoms with Gasteiger partial charge in [0.15, 0.2) is 11.5 Å². The molecule has 140 valence electrons. The number of ether oxygens (including phenoxy) is 4. The Labute approximate surface area is 156 Å². The van der Waals surface area contributed by atoms with Crippen molar-refractivity contribution in [2.45, 2.75) is 18.6 Å². The molecule has 27 heavy (non-hydrogen) atoms. The summed E-state index contributed by atoms with van der Waals surface area (Å²) >= 11 is 0. The van der Waals surface area contributed by atoms with Gasteiger partial charge in [0, 0.05) is 23.4 Å². The number of rotatable bonds is 2. The summed E-state index contributed by atoms with van der Waals surface area (Å²) < 4.78 is 22.8. The van der Waals surface area contributed by atoms with Gasteiger partial charge in [-0.2, -0.15) is 0 Å². The first kappa shape index (κ1) is 16.3. The van der Waals surface area contributed by atoms with Crippen molar-refractivity contribution in [3.8, 4) is 17.2 Å². The van der Waals surface area contributed by atoms with Crippen LogP contribution in [0.4, 0.5) is 5.69 Å². The zero-order valence-corrected chi connectivity index (χ0v) is 15.2. The van der Waals surface area contributed by atoms with E-state index in [1.165, 1.54) is 0 Å². The summed E-state index contributed by atoms with van der Waals surface area (Å²) in [5, 5.41) is 0. The van der Waals surface area contributed by atoms with Crippen LogP contribution < -0.4 is 19.9 Å². The van der Waals surface area contributed by atoms with E-state index >= 15 is 0 Å². The number of cyclic esters (lactones) is 1. The molecular formula is C20H20N2O5. The Morgan fingerprint density at radius 2 is 2.11 bits per heavy atom. The second-order valence-electron chi connectivity index (χ2n) is 7.06. The van der Waals surface area contributed by atoms with E-state index in [9.17, 15) is 4.79 Å². The Morgan fingerprint density at radius 3 is 2.93 bits per heavy atom. The molecule has 3 heterocycles. The van der Waals surface area contributed by atoms with Crippen LogP contribution in [0.15, 0.2) is 24.3 Å². The van der Waals surface area contributed by atoms with Gasteiger partial charge in [-0.25, -0.2) is 4.79 Å². The molecule has 0 aromatic heterocycles. The largest absolute Gasteiger partial charge is 0.492 e. The van der Waals surface area contributed by atoms with Crippen LogP contribution in [0, 0.1) is 0 Å². The number of nitrogens with two attached hydrogens (primary N) is 1. The number of esters is 1. The lowest BCUT2D eigenvalue weighted by atomic mass is 9.85. The van der Waals surface area contributed by atoms with Crippen LogP contribution in [0.1, 0.15) is 39.2 Å². The summed E-state index contributed by atoms with van der Waals surface area (Å²) in [6, 6.07) is 7.18. The van der Waals surface area contributed by atoms with Gasteiger partial charge in [0.1, 0.15) is 6.10 Å². The number of carbonyl (C=O) groups excluding carboxylic acids is 1. The van der Waals surface area contributed by atoms with Crippen LogP contribution in [0.3, 0.4) is 0 Å². The highest BCUT2D eigenvalue weighted by atomic mass is 16.7. The van der Waals surface area contributed by atoms with Crippen molar-refractivity contribution < 1.29 is 23.7 Å². The molecule has 3 aliphatic rings. The minimum Gasteiger partial charge on any atom is -0.492 e. The van der Waals surface area contributed by atoms with Crippen molar-refractivity contribution in [3.05, 3.63) is 46.5 Å². The van der Waals surface area contributed by atoms with Gasteiger partial charge in [0.25, 0.3) is 0 Å². The number of nitrogens with zero attached hydrogens (tertiary/aromatic N) is 1. The van der Waals surface area contributed by atoms with Gasteiger partial charge in [0.2, 0.25) is 12.5 Å². The average Bonchev–Trinajstić information content (AvgIpc) is 3.24. The average molecular weight is 368 g/mol. The topological polar surface area (TPSA) is 83.2 Å². The van der Waals surface area contributed by atoms with Gasteiger partial charge in [0.05, 0.1) is 18.7 Å². The molecule has 0 radical (unpaired) electrons. The van der Waals surface area contributed by atoms with Gasteiger partial charge in [-0.3, -0.25) is 4.90 Å². The van der Waals surface area contributed by atoms with E-state index < -0.39 is 6.10 Å². The van der Waals surface area contributed by atoms with Crippen LogP contribution in [0.25, 0.3) is 0 Å². The maximum Gasteiger partial charge on any atom is 0.339 e. The van der Waals surface area contributed by atoms with Crippen LogP contribution in [-0.4, -0.2) is 38.4 Å². The Bertz CT molecular complexity index is 958. The van der Waals surface area contributed by atoms with Crippen LogP contribution >= 0.6 is 0 Å². The highest BCUT2D eigenvalue weighted by Crippen LogP contribution is 2.54. The minimum atomic E-state index is -0.438.